The van der Waals surface area contributed by atoms with E-state index in [4.69, 9.17) is 4.18 Å². The van der Waals surface area contributed by atoms with E-state index in [9.17, 15) is 0 Å². The van der Waals surface area contributed by atoms with Crippen LogP contribution in [0, 0.1) is 5.92 Å². The molecule has 3 rings (SSSR count). The lowest BCUT2D eigenvalue weighted by molar-refractivity contribution is 0.224. The monoisotopic (exact) mass is 418 g/mol. The number of aromatic nitrogens is 3. The molecule has 0 aliphatic heterocycles. The van der Waals surface area contributed by atoms with Crippen molar-refractivity contribution in [3.63, 3.8) is 0 Å². The maximum Gasteiger partial charge on any atom is 0.142 e. The van der Waals surface area contributed by atoms with Crippen LogP contribution in [-0.4, -0.2) is 34.6 Å². The number of rotatable bonds is 5. The van der Waals surface area contributed by atoms with Crippen LogP contribution >= 0.6 is 30.4 Å². The standard InChI is InChI=1S/C14H19IN4OS/c1-19(11-4-2-10(3-5-11)8-20-21-15)14-12-6-7-16-13(12)17-9-18-14/h6-7,9-11H,2-5,8H2,1H3,(H,16,17,18). The summed E-state index contributed by atoms with van der Waals surface area (Å²) in [5.74, 6) is 1.73. The van der Waals surface area contributed by atoms with Crippen molar-refractivity contribution >= 4 is 47.3 Å². The van der Waals surface area contributed by atoms with Gasteiger partial charge in [0.1, 0.15) is 17.8 Å². The molecule has 1 fully saturated rings. The molecule has 21 heavy (non-hydrogen) atoms. The number of nitrogens with one attached hydrogen (secondary N) is 1. The highest BCUT2D eigenvalue weighted by Gasteiger charge is 2.25. The summed E-state index contributed by atoms with van der Waals surface area (Å²) in [7, 11) is 3.59. The normalized spacial score (nSPS) is 22.6. The third-order valence-electron chi connectivity index (χ3n) is 4.38. The Morgan fingerprint density at radius 2 is 2.19 bits per heavy atom. The predicted octanol–water partition coefficient (Wildman–Crippen LogP) is 3.97. The van der Waals surface area contributed by atoms with Crippen molar-refractivity contribution in [3.05, 3.63) is 18.6 Å². The largest absolute Gasteiger partial charge is 0.356 e. The fraction of sp³-hybridized carbons (Fsp3) is 0.571. The van der Waals surface area contributed by atoms with Gasteiger partial charge in [0.2, 0.25) is 0 Å². The molecule has 0 spiro atoms. The van der Waals surface area contributed by atoms with E-state index >= 15 is 0 Å². The van der Waals surface area contributed by atoms with E-state index < -0.39 is 0 Å². The van der Waals surface area contributed by atoms with E-state index in [0.717, 1.165) is 23.5 Å². The molecular formula is C14H19IN4OS. The Morgan fingerprint density at radius 1 is 1.38 bits per heavy atom. The van der Waals surface area contributed by atoms with Crippen LogP contribution in [0.25, 0.3) is 11.0 Å². The molecule has 1 aliphatic rings. The highest BCUT2D eigenvalue weighted by molar-refractivity contribution is 14.2. The summed E-state index contributed by atoms with van der Waals surface area (Å²) in [6, 6.07) is 2.61. The van der Waals surface area contributed by atoms with Gasteiger partial charge in [-0.15, -0.1) is 0 Å². The molecule has 114 valence electrons. The summed E-state index contributed by atoms with van der Waals surface area (Å²) in [5.41, 5.74) is 0.910. The predicted molar refractivity (Wildman–Crippen MR) is 95.6 cm³/mol. The lowest BCUT2D eigenvalue weighted by atomic mass is 9.86. The molecule has 1 N–H and O–H groups in total. The first-order valence-electron chi connectivity index (χ1n) is 7.20. The van der Waals surface area contributed by atoms with Crippen LogP contribution in [0.15, 0.2) is 18.6 Å². The third kappa shape index (κ3) is 3.45. The van der Waals surface area contributed by atoms with Crippen molar-refractivity contribution in [2.24, 2.45) is 5.92 Å². The summed E-state index contributed by atoms with van der Waals surface area (Å²) in [6.07, 6.45) is 8.42. The second kappa shape index (κ2) is 7.15. The minimum absolute atomic E-state index is 0.557. The summed E-state index contributed by atoms with van der Waals surface area (Å²) >= 11 is 2.18. The van der Waals surface area contributed by atoms with E-state index in [1.54, 1.807) is 6.33 Å². The van der Waals surface area contributed by atoms with Crippen LogP contribution in [-0.2, 0) is 4.18 Å². The van der Waals surface area contributed by atoms with Gasteiger partial charge in [0.15, 0.2) is 0 Å². The first kappa shape index (κ1) is 15.4. The molecule has 0 radical (unpaired) electrons. The zero-order valence-corrected chi connectivity index (χ0v) is 14.9. The Hall–Kier alpha value is -0.540. The van der Waals surface area contributed by atoms with E-state index in [0.29, 0.717) is 12.0 Å². The minimum Gasteiger partial charge on any atom is -0.356 e. The highest BCUT2D eigenvalue weighted by Crippen LogP contribution is 2.32. The third-order valence-corrected chi connectivity index (χ3v) is 5.37. The minimum atomic E-state index is 0.557. The first-order valence-corrected chi connectivity index (χ1v) is 10.5. The number of fused-ring (bicyclic) bond motifs is 1. The number of H-pyrrole nitrogens is 1. The molecule has 1 saturated carbocycles. The van der Waals surface area contributed by atoms with Gasteiger partial charge in [0, 0.05) is 40.5 Å². The first-order chi connectivity index (χ1) is 10.3. The molecule has 2 aromatic rings. The average Bonchev–Trinajstić information content (AvgIpc) is 3.01. The van der Waals surface area contributed by atoms with Crippen molar-refractivity contribution in [2.75, 3.05) is 18.6 Å². The Morgan fingerprint density at radius 3 is 2.95 bits per heavy atom. The van der Waals surface area contributed by atoms with Gasteiger partial charge in [-0.25, -0.2) is 9.97 Å². The van der Waals surface area contributed by atoms with Crippen molar-refractivity contribution in [2.45, 2.75) is 31.7 Å². The van der Waals surface area contributed by atoms with Gasteiger partial charge in [0.25, 0.3) is 0 Å². The van der Waals surface area contributed by atoms with Gasteiger partial charge in [-0.05, 0) is 37.7 Å². The average molecular weight is 418 g/mol. The Kier molecular flexibility index (Phi) is 5.23. The number of aromatic amines is 1. The molecule has 0 atom stereocenters. The molecule has 2 heterocycles. The van der Waals surface area contributed by atoms with Gasteiger partial charge in [0.05, 0.1) is 21.2 Å². The van der Waals surface area contributed by atoms with Gasteiger partial charge in [-0.1, -0.05) is 0 Å². The summed E-state index contributed by atoms with van der Waals surface area (Å²) in [4.78, 5) is 14.2. The topological polar surface area (TPSA) is 54.0 Å². The second-order valence-corrected chi connectivity index (χ2v) is 7.01. The number of anilines is 1. The fourth-order valence-electron chi connectivity index (χ4n) is 3.13. The molecule has 0 bridgehead atoms. The second-order valence-electron chi connectivity index (χ2n) is 5.57. The van der Waals surface area contributed by atoms with Crippen LogP contribution < -0.4 is 4.90 Å². The number of hydrogen-bond donors (Lipinski definition) is 1. The molecule has 0 amide bonds. The molecule has 0 unspecified atom stereocenters. The highest BCUT2D eigenvalue weighted by atomic mass is 127. The molecule has 5 nitrogen and oxygen atoms in total. The lowest BCUT2D eigenvalue weighted by Gasteiger charge is -2.35. The summed E-state index contributed by atoms with van der Waals surface area (Å²) < 4.78 is 5.47. The number of hydrogen-bond acceptors (Lipinski definition) is 5. The number of halogens is 1. The van der Waals surface area contributed by atoms with Gasteiger partial charge in [-0.3, -0.25) is 0 Å². The molecule has 1 aliphatic carbocycles. The smallest absolute Gasteiger partial charge is 0.142 e. The SMILES string of the molecule is CN(c1ncnc2[nH]ccc12)C1CCC(COSI)CC1. The van der Waals surface area contributed by atoms with Crippen LogP contribution in [0.2, 0.25) is 0 Å². The lowest BCUT2D eigenvalue weighted by Crippen LogP contribution is -2.36. The van der Waals surface area contributed by atoms with Gasteiger partial charge in [-0.2, -0.15) is 0 Å². The molecule has 7 heteroatoms. The van der Waals surface area contributed by atoms with E-state index in [2.05, 4.69) is 54.2 Å². The molecule has 0 saturated heterocycles. The van der Waals surface area contributed by atoms with Crippen LogP contribution in [0.1, 0.15) is 25.7 Å². The van der Waals surface area contributed by atoms with Crippen molar-refractivity contribution in [3.8, 4) is 0 Å². The Balaban J connectivity index is 1.66. The van der Waals surface area contributed by atoms with Crippen LogP contribution in [0.5, 0.6) is 0 Å². The van der Waals surface area contributed by atoms with Crippen molar-refractivity contribution in [1.82, 2.24) is 15.0 Å². The zero-order chi connectivity index (χ0) is 14.7. The van der Waals surface area contributed by atoms with Gasteiger partial charge >= 0.3 is 0 Å². The van der Waals surface area contributed by atoms with Crippen LogP contribution in [0.3, 0.4) is 0 Å². The Bertz CT molecular complexity index is 585. The number of nitrogens with zero attached hydrogens (tertiary/aromatic N) is 3. The van der Waals surface area contributed by atoms with E-state index in [-0.39, 0.29) is 0 Å². The van der Waals surface area contributed by atoms with Crippen molar-refractivity contribution < 1.29 is 4.18 Å². The fourth-order valence-corrected chi connectivity index (χ4v) is 3.82. The molecular weight excluding hydrogens is 399 g/mol. The van der Waals surface area contributed by atoms with Crippen LogP contribution in [0.4, 0.5) is 5.82 Å². The van der Waals surface area contributed by atoms with Gasteiger partial charge < -0.3 is 14.1 Å². The maximum atomic E-state index is 5.47. The van der Waals surface area contributed by atoms with Crippen molar-refractivity contribution in [1.29, 1.82) is 0 Å². The molecule has 2 aromatic heterocycles. The zero-order valence-electron chi connectivity index (χ0n) is 12.0. The summed E-state index contributed by atoms with van der Waals surface area (Å²) in [6.45, 7) is 0.875. The van der Waals surface area contributed by atoms with E-state index in [1.807, 2.05) is 6.20 Å². The summed E-state index contributed by atoms with van der Waals surface area (Å²) in [5, 5.41) is 1.10. The Labute approximate surface area is 141 Å². The van der Waals surface area contributed by atoms with E-state index in [1.165, 1.54) is 34.9 Å². The quantitative estimate of drug-likeness (QED) is 0.589. The molecule has 0 aromatic carbocycles. The maximum absolute atomic E-state index is 5.47.